The molecule has 0 aliphatic heterocycles. The molecule has 0 aliphatic carbocycles. The van der Waals surface area contributed by atoms with Crippen LogP contribution in [0.3, 0.4) is 0 Å². The molecule has 0 atom stereocenters. The number of carbonyl (C=O) groups excluding carboxylic acids is 1. The number of hydrogen-bond acceptors (Lipinski definition) is 2. The number of nitrogens with one attached hydrogen (secondary N) is 1. The van der Waals surface area contributed by atoms with Crippen molar-refractivity contribution in [2.75, 3.05) is 12.4 Å². The lowest BCUT2D eigenvalue weighted by atomic mass is 10.1. The van der Waals surface area contributed by atoms with Crippen LogP contribution in [0.4, 0.5) is 23.2 Å². The number of methoxy groups -OCH3 is 1. The summed E-state index contributed by atoms with van der Waals surface area (Å²) in [7, 11) is 1.45. The fourth-order valence-electron chi connectivity index (χ4n) is 1.82. The number of amides is 1. The lowest BCUT2D eigenvalue weighted by Crippen LogP contribution is -2.19. The van der Waals surface area contributed by atoms with E-state index in [0.29, 0.717) is 23.9 Å². The zero-order chi connectivity index (χ0) is 16.3. The summed E-state index contributed by atoms with van der Waals surface area (Å²) < 4.78 is 56.7. The van der Waals surface area contributed by atoms with E-state index in [4.69, 9.17) is 4.74 Å². The number of alkyl halides is 3. The third-order valence-electron chi connectivity index (χ3n) is 2.88. The Morgan fingerprint density at radius 1 is 1.09 bits per heavy atom. The van der Waals surface area contributed by atoms with Crippen molar-refractivity contribution >= 4 is 11.6 Å². The Hall–Kier alpha value is -2.57. The van der Waals surface area contributed by atoms with E-state index in [-0.39, 0.29) is 5.69 Å². The maximum absolute atomic E-state index is 13.2. The lowest BCUT2D eigenvalue weighted by Gasteiger charge is -2.13. The zero-order valence-electron chi connectivity index (χ0n) is 11.4. The van der Waals surface area contributed by atoms with Crippen molar-refractivity contribution < 1.29 is 27.1 Å². The van der Waals surface area contributed by atoms with Crippen molar-refractivity contribution in [3.8, 4) is 5.75 Å². The molecule has 0 aromatic heterocycles. The van der Waals surface area contributed by atoms with E-state index in [1.165, 1.54) is 31.4 Å². The Bertz CT molecular complexity index is 681. The smallest absolute Gasteiger partial charge is 0.417 e. The summed E-state index contributed by atoms with van der Waals surface area (Å²) in [5, 5.41) is 2.29. The van der Waals surface area contributed by atoms with Crippen molar-refractivity contribution in [1.29, 1.82) is 0 Å². The Morgan fingerprint density at radius 3 is 2.27 bits per heavy atom. The van der Waals surface area contributed by atoms with Crippen LogP contribution in [-0.2, 0) is 6.18 Å². The lowest BCUT2D eigenvalue weighted by molar-refractivity contribution is -0.137. The van der Waals surface area contributed by atoms with Crippen LogP contribution in [0.15, 0.2) is 42.5 Å². The van der Waals surface area contributed by atoms with E-state index in [9.17, 15) is 22.4 Å². The molecule has 0 aliphatic rings. The van der Waals surface area contributed by atoms with Gasteiger partial charge in [0.05, 0.1) is 18.2 Å². The van der Waals surface area contributed by atoms with Crippen molar-refractivity contribution in [2.45, 2.75) is 6.18 Å². The van der Waals surface area contributed by atoms with Crippen LogP contribution in [0.5, 0.6) is 5.75 Å². The number of anilines is 1. The molecule has 0 heterocycles. The molecule has 3 nitrogen and oxygen atoms in total. The van der Waals surface area contributed by atoms with Crippen LogP contribution in [0.2, 0.25) is 0 Å². The van der Waals surface area contributed by atoms with Gasteiger partial charge in [0.25, 0.3) is 5.91 Å². The van der Waals surface area contributed by atoms with E-state index in [1.54, 1.807) is 0 Å². The minimum atomic E-state index is -4.75. The first kappa shape index (κ1) is 15.8. The maximum Gasteiger partial charge on any atom is 0.417 e. The quantitative estimate of drug-likeness (QED) is 0.866. The molecule has 0 radical (unpaired) electrons. The molecule has 1 N–H and O–H groups in total. The van der Waals surface area contributed by atoms with Crippen LogP contribution in [0, 0.1) is 5.82 Å². The van der Waals surface area contributed by atoms with Gasteiger partial charge in [-0.15, -0.1) is 0 Å². The molecule has 2 aromatic rings. The summed E-state index contributed by atoms with van der Waals surface area (Å²) in [5.41, 5.74) is -1.70. The number of benzene rings is 2. The Kier molecular flexibility index (Phi) is 4.35. The third kappa shape index (κ3) is 3.55. The first-order valence-electron chi connectivity index (χ1n) is 6.13. The highest BCUT2D eigenvalue weighted by Crippen LogP contribution is 2.32. The molecule has 0 unspecified atom stereocenters. The molecule has 2 rings (SSSR count). The monoisotopic (exact) mass is 313 g/mol. The first-order valence-corrected chi connectivity index (χ1v) is 6.13. The normalized spacial score (nSPS) is 11.1. The van der Waals surface area contributed by atoms with E-state index >= 15 is 0 Å². The van der Waals surface area contributed by atoms with Gasteiger partial charge >= 0.3 is 6.18 Å². The van der Waals surface area contributed by atoms with Crippen molar-refractivity contribution in [1.82, 2.24) is 0 Å². The third-order valence-corrected chi connectivity index (χ3v) is 2.88. The molecule has 22 heavy (non-hydrogen) atoms. The molecule has 0 saturated heterocycles. The van der Waals surface area contributed by atoms with Gasteiger partial charge in [-0.3, -0.25) is 4.79 Å². The number of halogens is 4. The van der Waals surface area contributed by atoms with Gasteiger partial charge in [0.2, 0.25) is 0 Å². The number of carbonyl (C=O) groups is 1. The van der Waals surface area contributed by atoms with Gasteiger partial charge in [0.1, 0.15) is 11.6 Å². The van der Waals surface area contributed by atoms with Crippen molar-refractivity contribution in [3.05, 3.63) is 59.4 Å². The van der Waals surface area contributed by atoms with Crippen LogP contribution in [0.1, 0.15) is 15.9 Å². The largest absolute Gasteiger partial charge is 0.497 e. The first-order chi connectivity index (χ1) is 10.3. The molecule has 0 saturated carbocycles. The Balaban J connectivity index is 2.30. The summed E-state index contributed by atoms with van der Waals surface area (Å²) in [6.07, 6.45) is -4.75. The summed E-state index contributed by atoms with van der Waals surface area (Å²) in [5.74, 6) is -1.44. The molecule has 2 aromatic carbocycles. The average Bonchev–Trinajstić information content (AvgIpc) is 2.46. The van der Waals surface area contributed by atoms with Crippen molar-refractivity contribution in [2.24, 2.45) is 0 Å². The second kappa shape index (κ2) is 6.05. The molecule has 0 bridgehead atoms. The summed E-state index contributed by atoms with van der Waals surface area (Å²) in [6, 6.07) is 7.75. The maximum atomic E-state index is 13.2. The molecular weight excluding hydrogens is 302 g/mol. The second-order valence-corrected chi connectivity index (χ2v) is 4.37. The van der Waals surface area contributed by atoms with Crippen LogP contribution in [0.25, 0.3) is 0 Å². The standard InChI is InChI=1S/C15H11F4NO2/c1-22-11-5-3-10(4-6-11)20-14(21)12-8-9(16)2-7-13(12)15(17,18)19/h2-8H,1H3,(H,20,21). The molecule has 0 fully saturated rings. The number of ether oxygens (including phenoxy) is 1. The zero-order valence-corrected chi connectivity index (χ0v) is 11.4. The predicted octanol–water partition coefficient (Wildman–Crippen LogP) is 4.11. The Morgan fingerprint density at radius 2 is 1.73 bits per heavy atom. The fourth-order valence-corrected chi connectivity index (χ4v) is 1.82. The second-order valence-electron chi connectivity index (χ2n) is 4.37. The van der Waals surface area contributed by atoms with Gasteiger partial charge in [-0.25, -0.2) is 4.39 Å². The van der Waals surface area contributed by atoms with Gasteiger partial charge in [-0.1, -0.05) is 0 Å². The highest BCUT2D eigenvalue weighted by atomic mass is 19.4. The number of hydrogen-bond donors (Lipinski definition) is 1. The molecule has 1 amide bonds. The molecule has 7 heteroatoms. The fraction of sp³-hybridized carbons (Fsp3) is 0.133. The van der Waals surface area contributed by atoms with Gasteiger partial charge in [0, 0.05) is 5.69 Å². The highest BCUT2D eigenvalue weighted by Gasteiger charge is 2.35. The van der Waals surface area contributed by atoms with Gasteiger partial charge in [-0.2, -0.15) is 13.2 Å². The van der Waals surface area contributed by atoms with Crippen LogP contribution >= 0.6 is 0 Å². The Labute approximate surface area is 123 Å². The summed E-state index contributed by atoms with van der Waals surface area (Å²) in [6.45, 7) is 0. The van der Waals surface area contributed by atoms with Gasteiger partial charge in [-0.05, 0) is 42.5 Å². The van der Waals surface area contributed by atoms with Crippen LogP contribution in [-0.4, -0.2) is 13.0 Å². The van der Waals surface area contributed by atoms with E-state index in [2.05, 4.69) is 5.32 Å². The number of rotatable bonds is 3. The topological polar surface area (TPSA) is 38.3 Å². The molecule has 0 spiro atoms. The van der Waals surface area contributed by atoms with Gasteiger partial charge < -0.3 is 10.1 Å². The average molecular weight is 313 g/mol. The van der Waals surface area contributed by atoms with E-state index < -0.39 is 29.0 Å². The highest BCUT2D eigenvalue weighted by molar-refractivity contribution is 6.05. The minimum Gasteiger partial charge on any atom is -0.497 e. The van der Waals surface area contributed by atoms with Crippen molar-refractivity contribution in [3.63, 3.8) is 0 Å². The molecule has 116 valence electrons. The van der Waals surface area contributed by atoms with Gasteiger partial charge in [0.15, 0.2) is 0 Å². The van der Waals surface area contributed by atoms with E-state index in [1.807, 2.05) is 0 Å². The van der Waals surface area contributed by atoms with Crippen LogP contribution < -0.4 is 10.1 Å². The summed E-state index contributed by atoms with van der Waals surface area (Å²) in [4.78, 5) is 12.0. The SMILES string of the molecule is COc1ccc(NC(=O)c2cc(F)ccc2C(F)(F)F)cc1. The van der Waals surface area contributed by atoms with E-state index in [0.717, 1.165) is 0 Å². The predicted molar refractivity (Wildman–Crippen MR) is 72.3 cm³/mol. The molecular formula is C15H11F4NO2. The minimum absolute atomic E-state index is 0.267. The summed E-state index contributed by atoms with van der Waals surface area (Å²) >= 11 is 0.